The van der Waals surface area contributed by atoms with Gasteiger partial charge >= 0.3 is 6.03 Å². The van der Waals surface area contributed by atoms with Gasteiger partial charge < -0.3 is 24.6 Å². The zero-order chi connectivity index (χ0) is 20.3. The highest BCUT2D eigenvalue weighted by molar-refractivity contribution is 5.91. The van der Waals surface area contributed by atoms with Crippen molar-refractivity contribution in [2.75, 3.05) is 50.6 Å². The Morgan fingerprint density at radius 1 is 1.00 bits per heavy atom. The number of amides is 2. The van der Waals surface area contributed by atoms with Crippen LogP contribution in [0.1, 0.15) is 16.8 Å². The molecule has 0 aliphatic carbocycles. The van der Waals surface area contributed by atoms with Crippen LogP contribution < -0.4 is 19.7 Å². The molecule has 28 heavy (non-hydrogen) atoms. The molecule has 7 nitrogen and oxygen atoms in total. The molecular weight excluding hydrogens is 356 g/mol. The molecule has 2 amide bonds. The summed E-state index contributed by atoms with van der Waals surface area (Å²) in [6, 6.07) is 7.84. The van der Waals surface area contributed by atoms with Crippen molar-refractivity contribution >= 4 is 17.4 Å². The van der Waals surface area contributed by atoms with Crippen molar-refractivity contribution in [2.45, 2.75) is 20.8 Å². The topological polar surface area (TPSA) is 66.9 Å². The minimum Gasteiger partial charge on any atom is -0.497 e. The second-order valence-corrected chi connectivity index (χ2v) is 7.00. The van der Waals surface area contributed by atoms with Crippen LogP contribution >= 0.6 is 0 Å². The van der Waals surface area contributed by atoms with Crippen LogP contribution in [-0.2, 0) is 0 Å². The SMILES string of the molecule is COc1ccc(C)c(N2CCN(C(=O)Nc3cc(C)c(C)nc3OC)CC2)c1. The highest BCUT2D eigenvalue weighted by Crippen LogP contribution is 2.27. The van der Waals surface area contributed by atoms with Crippen LogP contribution in [0.25, 0.3) is 0 Å². The van der Waals surface area contributed by atoms with E-state index in [0.717, 1.165) is 35.8 Å². The van der Waals surface area contributed by atoms with E-state index in [1.54, 1.807) is 14.2 Å². The van der Waals surface area contributed by atoms with Gasteiger partial charge in [-0.2, -0.15) is 0 Å². The van der Waals surface area contributed by atoms with Gasteiger partial charge in [0, 0.05) is 43.6 Å². The minimum atomic E-state index is -0.134. The molecule has 2 heterocycles. The number of rotatable bonds is 4. The van der Waals surface area contributed by atoms with E-state index in [1.807, 2.05) is 30.9 Å². The minimum absolute atomic E-state index is 0.134. The number of nitrogens with one attached hydrogen (secondary N) is 1. The first-order valence-electron chi connectivity index (χ1n) is 9.40. The highest BCUT2D eigenvalue weighted by atomic mass is 16.5. The van der Waals surface area contributed by atoms with Gasteiger partial charge in [-0.3, -0.25) is 0 Å². The van der Waals surface area contributed by atoms with E-state index in [4.69, 9.17) is 9.47 Å². The molecule has 1 aliphatic rings. The summed E-state index contributed by atoms with van der Waals surface area (Å²) < 4.78 is 10.7. The summed E-state index contributed by atoms with van der Waals surface area (Å²) in [6.45, 7) is 8.79. The maximum atomic E-state index is 12.7. The number of anilines is 2. The second kappa shape index (κ2) is 8.37. The van der Waals surface area contributed by atoms with E-state index in [-0.39, 0.29) is 6.03 Å². The summed E-state index contributed by atoms with van der Waals surface area (Å²) in [5, 5.41) is 2.94. The van der Waals surface area contributed by atoms with Crippen molar-refractivity contribution in [3.05, 3.63) is 41.1 Å². The van der Waals surface area contributed by atoms with Crippen molar-refractivity contribution in [3.8, 4) is 11.6 Å². The van der Waals surface area contributed by atoms with Crippen molar-refractivity contribution < 1.29 is 14.3 Å². The average Bonchev–Trinajstić information content (AvgIpc) is 2.71. The molecule has 1 saturated heterocycles. The molecule has 0 radical (unpaired) electrons. The van der Waals surface area contributed by atoms with Gasteiger partial charge in [-0.15, -0.1) is 0 Å². The third-order valence-electron chi connectivity index (χ3n) is 5.19. The van der Waals surface area contributed by atoms with Crippen LogP contribution in [0.2, 0.25) is 0 Å². The van der Waals surface area contributed by atoms with Crippen LogP contribution in [0.3, 0.4) is 0 Å². The fourth-order valence-corrected chi connectivity index (χ4v) is 3.33. The molecule has 0 bridgehead atoms. The number of methoxy groups -OCH3 is 2. The molecule has 1 fully saturated rings. The maximum absolute atomic E-state index is 12.7. The standard InChI is InChI=1S/C21H28N4O3/c1-14-6-7-17(27-4)13-19(14)24-8-10-25(11-9-24)21(26)23-18-12-15(2)16(3)22-20(18)28-5/h6-7,12-13H,8-11H2,1-5H3,(H,23,26). The quantitative estimate of drug-likeness (QED) is 0.875. The molecule has 1 N–H and O–H groups in total. The van der Waals surface area contributed by atoms with E-state index in [2.05, 4.69) is 34.3 Å². The second-order valence-electron chi connectivity index (χ2n) is 7.00. The molecule has 7 heteroatoms. The fraction of sp³-hybridized carbons (Fsp3) is 0.429. The zero-order valence-corrected chi connectivity index (χ0v) is 17.2. The Bertz CT molecular complexity index is 861. The summed E-state index contributed by atoms with van der Waals surface area (Å²) in [7, 11) is 3.23. The first kappa shape index (κ1) is 19.8. The van der Waals surface area contributed by atoms with Crippen molar-refractivity contribution in [1.29, 1.82) is 0 Å². The number of aryl methyl sites for hydroxylation is 3. The number of pyridine rings is 1. The smallest absolute Gasteiger partial charge is 0.322 e. The molecule has 0 unspecified atom stereocenters. The van der Waals surface area contributed by atoms with Crippen LogP contribution in [0.15, 0.2) is 24.3 Å². The molecule has 3 rings (SSSR count). The Balaban J connectivity index is 1.65. The summed E-state index contributed by atoms with van der Waals surface area (Å²) in [6.07, 6.45) is 0. The number of ether oxygens (including phenoxy) is 2. The van der Waals surface area contributed by atoms with Gasteiger partial charge in [-0.05, 0) is 44.0 Å². The van der Waals surface area contributed by atoms with Gasteiger partial charge in [0.2, 0.25) is 5.88 Å². The molecule has 1 aromatic heterocycles. The molecule has 1 aliphatic heterocycles. The number of carbonyl (C=O) groups is 1. The summed E-state index contributed by atoms with van der Waals surface area (Å²) in [5.41, 5.74) is 4.84. The third kappa shape index (κ3) is 4.13. The normalized spacial score (nSPS) is 14.0. The zero-order valence-electron chi connectivity index (χ0n) is 17.2. The fourth-order valence-electron chi connectivity index (χ4n) is 3.33. The Hall–Kier alpha value is -2.96. The largest absolute Gasteiger partial charge is 0.497 e. The summed E-state index contributed by atoms with van der Waals surface area (Å²) in [4.78, 5) is 21.2. The first-order valence-corrected chi connectivity index (χ1v) is 9.40. The van der Waals surface area contributed by atoms with Crippen LogP contribution in [0.4, 0.5) is 16.2 Å². The van der Waals surface area contributed by atoms with Crippen LogP contribution in [0, 0.1) is 20.8 Å². The number of urea groups is 1. The van der Waals surface area contributed by atoms with E-state index in [9.17, 15) is 4.79 Å². The summed E-state index contributed by atoms with van der Waals surface area (Å²) in [5.74, 6) is 1.28. The Morgan fingerprint density at radius 3 is 2.36 bits per heavy atom. The molecule has 0 saturated carbocycles. The van der Waals surface area contributed by atoms with Gasteiger partial charge in [-0.1, -0.05) is 6.07 Å². The van der Waals surface area contributed by atoms with Crippen LogP contribution in [0.5, 0.6) is 11.6 Å². The lowest BCUT2D eigenvalue weighted by molar-refractivity contribution is 0.208. The van der Waals surface area contributed by atoms with Gasteiger partial charge in [0.25, 0.3) is 0 Å². The van der Waals surface area contributed by atoms with Gasteiger partial charge in [0.05, 0.1) is 14.2 Å². The number of hydrogen-bond acceptors (Lipinski definition) is 5. The van der Waals surface area contributed by atoms with E-state index < -0.39 is 0 Å². The Labute approximate surface area is 166 Å². The van der Waals surface area contributed by atoms with Crippen molar-refractivity contribution in [2.24, 2.45) is 0 Å². The molecular formula is C21H28N4O3. The lowest BCUT2D eigenvalue weighted by atomic mass is 10.1. The number of piperazine rings is 1. The predicted octanol–water partition coefficient (Wildman–Crippen LogP) is 3.38. The third-order valence-corrected chi connectivity index (χ3v) is 5.19. The van der Waals surface area contributed by atoms with Gasteiger partial charge in [0.1, 0.15) is 11.4 Å². The molecule has 0 spiro atoms. The Kier molecular flexibility index (Phi) is 5.92. The molecule has 150 valence electrons. The van der Waals surface area contributed by atoms with Crippen LogP contribution in [-0.4, -0.2) is 56.3 Å². The number of carbonyl (C=O) groups excluding carboxylic acids is 1. The predicted molar refractivity (Wildman–Crippen MR) is 111 cm³/mol. The molecule has 1 aromatic carbocycles. The Morgan fingerprint density at radius 2 is 1.71 bits per heavy atom. The number of nitrogens with zero attached hydrogens (tertiary/aromatic N) is 3. The average molecular weight is 384 g/mol. The maximum Gasteiger partial charge on any atom is 0.322 e. The first-order chi connectivity index (χ1) is 13.4. The lowest BCUT2D eigenvalue weighted by Crippen LogP contribution is -2.50. The molecule has 0 atom stereocenters. The van der Waals surface area contributed by atoms with Crippen molar-refractivity contribution in [3.63, 3.8) is 0 Å². The number of benzene rings is 1. The van der Waals surface area contributed by atoms with E-state index >= 15 is 0 Å². The van der Waals surface area contributed by atoms with E-state index in [0.29, 0.717) is 24.7 Å². The summed E-state index contributed by atoms with van der Waals surface area (Å²) >= 11 is 0. The molecule has 2 aromatic rings. The van der Waals surface area contributed by atoms with Crippen molar-refractivity contribution in [1.82, 2.24) is 9.88 Å². The number of hydrogen-bond donors (Lipinski definition) is 1. The van der Waals surface area contributed by atoms with Gasteiger partial charge in [-0.25, -0.2) is 9.78 Å². The lowest BCUT2D eigenvalue weighted by Gasteiger charge is -2.36. The van der Waals surface area contributed by atoms with Gasteiger partial charge in [0.15, 0.2) is 0 Å². The van der Waals surface area contributed by atoms with E-state index in [1.165, 1.54) is 5.56 Å². The number of aromatic nitrogens is 1. The highest BCUT2D eigenvalue weighted by Gasteiger charge is 2.23. The monoisotopic (exact) mass is 384 g/mol.